The van der Waals surface area contributed by atoms with Crippen molar-refractivity contribution in [1.82, 2.24) is 4.57 Å². The molecule has 0 saturated carbocycles. The maximum atomic E-state index is 11.1. The second kappa shape index (κ2) is 4.14. The zero-order valence-corrected chi connectivity index (χ0v) is 9.95. The van der Waals surface area contributed by atoms with Crippen molar-refractivity contribution in [2.45, 2.75) is 6.92 Å². The summed E-state index contributed by atoms with van der Waals surface area (Å²) in [6.45, 7) is 1.98. The van der Waals surface area contributed by atoms with Crippen molar-refractivity contribution in [3.05, 3.63) is 46.7 Å². The van der Waals surface area contributed by atoms with Gasteiger partial charge in [0.05, 0.1) is 5.69 Å². The molecule has 0 saturated heterocycles. The molecule has 2 rings (SSSR count). The fourth-order valence-corrected chi connectivity index (χ4v) is 1.88. The lowest BCUT2D eigenvalue weighted by atomic mass is 10.1. The zero-order chi connectivity index (χ0) is 11.7. The van der Waals surface area contributed by atoms with Gasteiger partial charge in [-0.15, -0.1) is 0 Å². The number of hydrogen-bond acceptors (Lipinski definition) is 1. The maximum Gasteiger partial charge on any atom is 0.167 e. The van der Waals surface area contributed by atoms with Crippen LogP contribution in [0.15, 0.2) is 30.3 Å². The fraction of sp³-hybridized carbons (Fsp3) is 0.154. The van der Waals surface area contributed by atoms with Crippen molar-refractivity contribution in [3.8, 4) is 11.1 Å². The average Bonchev–Trinajstić information content (AvgIpc) is 2.56. The fourth-order valence-electron chi connectivity index (χ4n) is 1.75. The summed E-state index contributed by atoms with van der Waals surface area (Å²) in [5.74, 6) is 0. The number of nitrogens with zero attached hydrogens (tertiary/aromatic N) is 1. The summed E-state index contributed by atoms with van der Waals surface area (Å²) in [5.41, 5.74) is 3.72. The van der Waals surface area contributed by atoms with Crippen molar-refractivity contribution >= 4 is 17.9 Å². The van der Waals surface area contributed by atoms with Crippen LogP contribution in [0.1, 0.15) is 16.2 Å². The van der Waals surface area contributed by atoms with Crippen molar-refractivity contribution in [2.75, 3.05) is 0 Å². The van der Waals surface area contributed by atoms with E-state index in [-0.39, 0.29) is 0 Å². The Kier molecular flexibility index (Phi) is 2.84. The lowest BCUT2D eigenvalue weighted by Gasteiger charge is -2.01. The second-order valence-electron chi connectivity index (χ2n) is 3.77. The number of carbonyl (C=O) groups is 1. The van der Waals surface area contributed by atoms with E-state index in [9.17, 15) is 4.79 Å². The average molecular weight is 234 g/mol. The predicted octanol–water partition coefficient (Wildman–Crippen LogP) is 3.47. The molecule has 2 nitrogen and oxygen atoms in total. The molecule has 82 valence electrons. The number of rotatable bonds is 2. The summed E-state index contributed by atoms with van der Waals surface area (Å²) >= 11 is 5.83. The van der Waals surface area contributed by atoms with E-state index < -0.39 is 0 Å². The van der Waals surface area contributed by atoms with Crippen molar-refractivity contribution < 1.29 is 4.79 Å². The SMILES string of the molecule is Cc1cc(-c2ccc(Cl)cc2)c(C=O)n1C. The van der Waals surface area contributed by atoms with Gasteiger partial charge in [-0.3, -0.25) is 4.79 Å². The molecule has 0 amide bonds. The molecule has 2 aromatic rings. The second-order valence-corrected chi connectivity index (χ2v) is 4.20. The van der Waals surface area contributed by atoms with E-state index in [0.29, 0.717) is 10.7 Å². The highest BCUT2D eigenvalue weighted by Gasteiger charge is 2.10. The van der Waals surface area contributed by atoms with Crippen LogP contribution in [0.25, 0.3) is 11.1 Å². The first kappa shape index (κ1) is 11.0. The van der Waals surface area contributed by atoms with E-state index in [2.05, 4.69) is 0 Å². The van der Waals surface area contributed by atoms with E-state index in [0.717, 1.165) is 23.1 Å². The molecule has 1 aromatic carbocycles. The van der Waals surface area contributed by atoms with E-state index in [1.807, 2.05) is 48.9 Å². The third-order valence-electron chi connectivity index (χ3n) is 2.79. The Morgan fingerprint density at radius 1 is 1.25 bits per heavy atom. The van der Waals surface area contributed by atoms with Crippen LogP contribution >= 0.6 is 11.6 Å². The Bertz CT molecular complexity index is 526. The number of benzene rings is 1. The minimum absolute atomic E-state index is 0.694. The van der Waals surface area contributed by atoms with Gasteiger partial charge >= 0.3 is 0 Å². The summed E-state index contributed by atoms with van der Waals surface area (Å²) < 4.78 is 1.89. The number of hydrogen-bond donors (Lipinski definition) is 0. The van der Waals surface area contributed by atoms with Crippen LogP contribution in [0.2, 0.25) is 5.02 Å². The highest BCUT2D eigenvalue weighted by molar-refractivity contribution is 6.30. The minimum Gasteiger partial charge on any atom is -0.345 e. The van der Waals surface area contributed by atoms with Gasteiger partial charge in [-0.05, 0) is 30.7 Å². The van der Waals surface area contributed by atoms with Gasteiger partial charge in [-0.2, -0.15) is 0 Å². The Hall–Kier alpha value is -1.54. The van der Waals surface area contributed by atoms with Gasteiger partial charge in [0.25, 0.3) is 0 Å². The number of aryl methyl sites for hydroxylation is 1. The van der Waals surface area contributed by atoms with E-state index >= 15 is 0 Å². The Morgan fingerprint density at radius 2 is 1.88 bits per heavy atom. The third-order valence-corrected chi connectivity index (χ3v) is 3.04. The standard InChI is InChI=1S/C13H12ClNO/c1-9-7-12(13(8-16)15(9)2)10-3-5-11(14)6-4-10/h3-8H,1-2H3. The summed E-state index contributed by atoms with van der Waals surface area (Å²) in [5, 5.41) is 0.698. The molecule has 0 radical (unpaired) electrons. The monoisotopic (exact) mass is 233 g/mol. The summed E-state index contributed by atoms with van der Waals surface area (Å²) in [6, 6.07) is 9.50. The van der Waals surface area contributed by atoms with Crippen molar-refractivity contribution in [1.29, 1.82) is 0 Å². The number of halogens is 1. The molecule has 0 N–H and O–H groups in total. The molecule has 0 aliphatic rings. The predicted molar refractivity (Wildman–Crippen MR) is 66.0 cm³/mol. The highest BCUT2D eigenvalue weighted by Crippen LogP contribution is 2.26. The van der Waals surface area contributed by atoms with Crippen LogP contribution in [0.4, 0.5) is 0 Å². The summed E-state index contributed by atoms with van der Waals surface area (Å²) in [6.07, 6.45) is 0.886. The molecular weight excluding hydrogens is 222 g/mol. The molecule has 0 aliphatic carbocycles. The van der Waals surface area contributed by atoms with Gasteiger partial charge in [0.2, 0.25) is 0 Å². The maximum absolute atomic E-state index is 11.1. The van der Waals surface area contributed by atoms with E-state index in [4.69, 9.17) is 11.6 Å². The van der Waals surface area contributed by atoms with Crippen molar-refractivity contribution in [2.24, 2.45) is 7.05 Å². The molecule has 0 bridgehead atoms. The summed E-state index contributed by atoms with van der Waals surface area (Å²) in [7, 11) is 1.89. The van der Waals surface area contributed by atoms with Crippen LogP contribution in [0, 0.1) is 6.92 Å². The lowest BCUT2D eigenvalue weighted by Crippen LogP contribution is -1.97. The topological polar surface area (TPSA) is 22.0 Å². The van der Waals surface area contributed by atoms with Crippen LogP contribution < -0.4 is 0 Å². The molecule has 16 heavy (non-hydrogen) atoms. The van der Waals surface area contributed by atoms with Gasteiger partial charge in [0.15, 0.2) is 6.29 Å². The van der Waals surface area contributed by atoms with Gasteiger partial charge in [-0.1, -0.05) is 23.7 Å². The van der Waals surface area contributed by atoms with Gasteiger partial charge in [-0.25, -0.2) is 0 Å². The quantitative estimate of drug-likeness (QED) is 0.728. The van der Waals surface area contributed by atoms with Gasteiger partial charge in [0.1, 0.15) is 0 Å². The van der Waals surface area contributed by atoms with Crippen LogP contribution in [0.3, 0.4) is 0 Å². The summed E-state index contributed by atoms with van der Waals surface area (Å²) in [4.78, 5) is 11.1. The molecule has 0 fully saturated rings. The van der Waals surface area contributed by atoms with Gasteiger partial charge < -0.3 is 4.57 Å². The largest absolute Gasteiger partial charge is 0.345 e. The number of carbonyl (C=O) groups excluding carboxylic acids is 1. The first-order valence-corrected chi connectivity index (χ1v) is 5.38. The molecule has 1 heterocycles. The molecule has 0 spiro atoms. The third kappa shape index (κ3) is 1.76. The molecule has 0 aliphatic heterocycles. The Morgan fingerprint density at radius 3 is 2.44 bits per heavy atom. The minimum atomic E-state index is 0.694. The van der Waals surface area contributed by atoms with Crippen LogP contribution in [-0.4, -0.2) is 10.9 Å². The highest BCUT2D eigenvalue weighted by atomic mass is 35.5. The molecular formula is C13H12ClNO. The molecule has 0 unspecified atom stereocenters. The lowest BCUT2D eigenvalue weighted by molar-refractivity contribution is 0.111. The first-order valence-electron chi connectivity index (χ1n) is 5.01. The van der Waals surface area contributed by atoms with Crippen molar-refractivity contribution in [3.63, 3.8) is 0 Å². The van der Waals surface area contributed by atoms with Gasteiger partial charge in [0, 0.05) is 23.3 Å². The van der Waals surface area contributed by atoms with E-state index in [1.54, 1.807) is 0 Å². The molecule has 3 heteroatoms. The normalized spacial score (nSPS) is 10.4. The van der Waals surface area contributed by atoms with Crippen LogP contribution in [-0.2, 0) is 7.05 Å². The first-order chi connectivity index (χ1) is 7.63. The molecule has 1 aromatic heterocycles. The van der Waals surface area contributed by atoms with Crippen LogP contribution in [0.5, 0.6) is 0 Å². The Labute approximate surface area is 99.5 Å². The zero-order valence-electron chi connectivity index (χ0n) is 9.20. The Balaban J connectivity index is 2.59. The smallest absolute Gasteiger partial charge is 0.167 e. The van der Waals surface area contributed by atoms with E-state index in [1.165, 1.54) is 0 Å². The number of aromatic nitrogens is 1. The number of aldehydes is 1. The molecule has 0 atom stereocenters.